The fourth-order valence-electron chi connectivity index (χ4n) is 2.11. The van der Waals surface area contributed by atoms with E-state index in [4.69, 9.17) is 9.47 Å². The van der Waals surface area contributed by atoms with Gasteiger partial charge < -0.3 is 9.47 Å². The minimum atomic E-state index is -0.533. The third kappa shape index (κ3) is 2.88. The number of nitrogens with one attached hydrogen (secondary N) is 1. The van der Waals surface area contributed by atoms with Crippen LogP contribution in [0, 0.1) is 5.41 Å². The molecule has 20 heavy (non-hydrogen) atoms. The highest BCUT2D eigenvalue weighted by Gasteiger charge is 2.40. The maximum Gasteiger partial charge on any atom is 0.330 e. The Bertz CT molecular complexity index is 632. The van der Waals surface area contributed by atoms with Gasteiger partial charge in [-0.1, -0.05) is 6.08 Å². The van der Waals surface area contributed by atoms with Crippen LogP contribution in [0.3, 0.4) is 0 Å². The average Bonchev–Trinajstić information content (AvgIpc) is 2.81. The monoisotopic (exact) mass is 280 g/mol. The number of rotatable bonds is 4. The van der Waals surface area contributed by atoms with E-state index in [-0.39, 0.29) is 12.6 Å². The highest BCUT2D eigenvalue weighted by atomic mass is 16.5. The van der Waals surface area contributed by atoms with Gasteiger partial charge in [0.2, 0.25) is 0 Å². The molecule has 0 bridgehead atoms. The summed E-state index contributed by atoms with van der Waals surface area (Å²) in [5.41, 5.74) is -1.51. The van der Waals surface area contributed by atoms with E-state index >= 15 is 0 Å². The first-order valence-corrected chi connectivity index (χ1v) is 6.16. The molecule has 0 radical (unpaired) electrons. The third-order valence-electron chi connectivity index (χ3n) is 3.30. The third-order valence-corrected chi connectivity index (χ3v) is 3.30. The van der Waals surface area contributed by atoms with Crippen LogP contribution in [0.25, 0.3) is 0 Å². The zero-order chi connectivity index (χ0) is 14.8. The second kappa shape index (κ2) is 5.46. The Hall–Kier alpha value is -2.15. The molecule has 2 rings (SSSR count). The summed E-state index contributed by atoms with van der Waals surface area (Å²) in [4.78, 5) is 35.8. The standard InChI is InChI=1S/C13H16N2O5/c1-3-13(7-19-9(2)16)6-11(20-8-13)15-5-4-10(17)14-12(15)18/h3-5,11H,1,6-8H2,2H3,(H,14,17,18)/t11-,13+/m0/s1. The molecule has 0 spiro atoms. The number of nitrogens with zero attached hydrogens (tertiary/aromatic N) is 1. The van der Waals surface area contributed by atoms with E-state index in [1.54, 1.807) is 6.08 Å². The van der Waals surface area contributed by atoms with Gasteiger partial charge in [-0.15, -0.1) is 6.58 Å². The van der Waals surface area contributed by atoms with Gasteiger partial charge in [0.25, 0.3) is 5.56 Å². The molecule has 2 heterocycles. The van der Waals surface area contributed by atoms with Crippen molar-refractivity contribution in [3.63, 3.8) is 0 Å². The molecule has 0 aliphatic carbocycles. The summed E-state index contributed by atoms with van der Waals surface area (Å²) < 4.78 is 11.9. The fraction of sp³-hybridized carbons (Fsp3) is 0.462. The fourth-order valence-corrected chi connectivity index (χ4v) is 2.11. The van der Waals surface area contributed by atoms with Crippen LogP contribution in [0.1, 0.15) is 19.6 Å². The molecule has 1 aliphatic rings. The molecule has 0 unspecified atom stereocenters. The smallest absolute Gasteiger partial charge is 0.330 e. The van der Waals surface area contributed by atoms with E-state index in [0.717, 1.165) is 0 Å². The number of carbonyl (C=O) groups excluding carboxylic acids is 1. The molecule has 2 atom stereocenters. The first kappa shape index (κ1) is 14.3. The largest absolute Gasteiger partial charge is 0.465 e. The molecule has 1 fully saturated rings. The number of aromatic nitrogens is 2. The van der Waals surface area contributed by atoms with Crippen molar-refractivity contribution in [3.05, 3.63) is 45.8 Å². The van der Waals surface area contributed by atoms with Gasteiger partial charge in [0, 0.05) is 31.0 Å². The van der Waals surface area contributed by atoms with Crippen LogP contribution in [0.15, 0.2) is 34.5 Å². The van der Waals surface area contributed by atoms with Crippen molar-refractivity contribution in [1.29, 1.82) is 0 Å². The molecular formula is C13H16N2O5. The second-order valence-corrected chi connectivity index (χ2v) is 4.83. The van der Waals surface area contributed by atoms with Crippen molar-refractivity contribution in [2.24, 2.45) is 5.41 Å². The molecule has 108 valence electrons. The first-order valence-electron chi connectivity index (χ1n) is 6.16. The van der Waals surface area contributed by atoms with E-state index in [0.29, 0.717) is 13.0 Å². The Balaban J connectivity index is 2.18. The van der Waals surface area contributed by atoms with E-state index in [1.807, 2.05) is 0 Å². The second-order valence-electron chi connectivity index (χ2n) is 4.83. The van der Waals surface area contributed by atoms with Gasteiger partial charge in [0.05, 0.1) is 6.61 Å². The Morgan fingerprint density at radius 3 is 3.05 bits per heavy atom. The van der Waals surface area contributed by atoms with Gasteiger partial charge in [-0.3, -0.25) is 19.1 Å². The van der Waals surface area contributed by atoms with Gasteiger partial charge in [-0.2, -0.15) is 0 Å². The summed E-state index contributed by atoms with van der Waals surface area (Å²) in [5.74, 6) is -0.379. The average molecular weight is 280 g/mol. The van der Waals surface area contributed by atoms with Crippen LogP contribution in [0.2, 0.25) is 0 Å². The maximum absolute atomic E-state index is 11.7. The number of hydrogen-bond donors (Lipinski definition) is 1. The van der Waals surface area contributed by atoms with Crippen LogP contribution in [-0.4, -0.2) is 28.7 Å². The van der Waals surface area contributed by atoms with Crippen molar-refractivity contribution in [2.75, 3.05) is 13.2 Å². The number of esters is 1. The number of hydrogen-bond acceptors (Lipinski definition) is 5. The van der Waals surface area contributed by atoms with Crippen molar-refractivity contribution in [1.82, 2.24) is 9.55 Å². The molecule has 1 N–H and O–H groups in total. The SMILES string of the molecule is C=C[C@@]1(COC(C)=O)CO[C@H](n2ccc(=O)[nH]c2=O)C1. The normalized spacial score (nSPS) is 25.4. The maximum atomic E-state index is 11.7. The number of carbonyl (C=O) groups is 1. The molecule has 1 saturated heterocycles. The van der Waals surface area contributed by atoms with Gasteiger partial charge in [0.1, 0.15) is 12.8 Å². The summed E-state index contributed by atoms with van der Waals surface area (Å²) in [6, 6.07) is 1.25. The summed E-state index contributed by atoms with van der Waals surface area (Å²) in [6.45, 7) is 5.52. The van der Waals surface area contributed by atoms with Crippen molar-refractivity contribution in [2.45, 2.75) is 19.6 Å². The van der Waals surface area contributed by atoms with Crippen LogP contribution >= 0.6 is 0 Å². The van der Waals surface area contributed by atoms with Crippen molar-refractivity contribution in [3.8, 4) is 0 Å². The summed E-state index contributed by atoms with van der Waals surface area (Å²) in [6.07, 6.45) is 2.98. The van der Waals surface area contributed by atoms with E-state index in [9.17, 15) is 14.4 Å². The number of ether oxygens (including phenoxy) is 2. The van der Waals surface area contributed by atoms with Crippen molar-refractivity contribution >= 4 is 5.97 Å². The summed E-state index contributed by atoms with van der Waals surface area (Å²) >= 11 is 0. The van der Waals surface area contributed by atoms with E-state index in [2.05, 4.69) is 11.6 Å². The molecule has 0 saturated carbocycles. The molecular weight excluding hydrogens is 264 g/mol. The summed E-state index contributed by atoms with van der Waals surface area (Å²) in [7, 11) is 0. The Kier molecular flexibility index (Phi) is 3.89. The van der Waals surface area contributed by atoms with Crippen molar-refractivity contribution < 1.29 is 14.3 Å². The zero-order valence-electron chi connectivity index (χ0n) is 11.1. The summed E-state index contributed by atoms with van der Waals surface area (Å²) in [5, 5.41) is 0. The van der Waals surface area contributed by atoms with Gasteiger partial charge in [-0.25, -0.2) is 4.79 Å². The molecule has 7 nitrogen and oxygen atoms in total. The van der Waals surface area contributed by atoms with Crippen LogP contribution in [0.5, 0.6) is 0 Å². The molecule has 1 aliphatic heterocycles. The lowest BCUT2D eigenvalue weighted by Gasteiger charge is -2.22. The molecule has 0 aromatic carbocycles. The lowest BCUT2D eigenvalue weighted by Crippen LogP contribution is -2.32. The van der Waals surface area contributed by atoms with Crippen LogP contribution in [-0.2, 0) is 14.3 Å². The minimum Gasteiger partial charge on any atom is -0.465 e. The Morgan fingerprint density at radius 2 is 2.45 bits per heavy atom. The number of H-pyrrole nitrogens is 1. The zero-order valence-corrected chi connectivity index (χ0v) is 11.1. The highest BCUT2D eigenvalue weighted by Crippen LogP contribution is 2.38. The van der Waals surface area contributed by atoms with E-state index in [1.165, 1.54) is 23.8 Å². The Morgan fingerprint density at radius 1 is 1.70 bits per heavy atom. The van der Waals surface area contributed by atoms with Gasteiger partial charge in [0.15, 0.2) is 0 Å². The van der Waals surface area contributed by atoms with E-state index < -0.39 is 22.9 Å². The van der Waals surface area contributed by atoms with Gasteiger partial charge in [-0.05, 0) is 0 Å². The predicted molar refractivity (Wildman–Crippen MR) is 70.2 cm³/mol. The quantitative estimate of drug-likeness (QED) is 0.628. The Labute approximate surface area is 114 Å². The van der Waals surface area contributed by atoms with Gasteiger partial charge >= 0.3 is 11.7 Å². The highest BCUT2D eigenvalue weighted by molar-refractivity contribution is 5.65. The predicted octanol–water partition coefficient (Wildman–Crippen LogP) is 0.191. The first-order chi connectivity index (χ1) is 9.46. The number of aromatic amines is 1. The lowest BCUT2D eigenvalue weighted by atomic mass is 9.88. The van der Waals surface area contributed by atoms with Crippen LogP contribution < -0.4 is 11.2 Å². The topological polar surface area (TPSA) is 90.4 Å². The molecule has 0 amide bonds. The van der Waals surface area contributed by atoms with Crippen LogP contribution in [0.4, 0.5) is 0 Å². The lowest BCUT2D eigenvalue weighted by molar-refractivity contribution is -0.143. The molecule has 7 heteroatoms. The minimum absolute atomic E-state index is 0.153. The molecule has 1 aromatic rings. The molecule has 1 aromatic heterocycles.